The molecule has 0 aliphatic carbocycles. The number of carbonyl (C=O) groups excluding carboxylic acids is 1. The lowest BCUT2D eigenvalue weighted by atomic mass is 10.1. The number of carbonyl (C=O) groups is 2. The fraction of sp³-hybridized carbons (Fsp3) is 0.333. The van der Waals surface area contributed by atoms with E-state index in [2.05, 4.69) is 15.9 Å². The van der Waals surface area contributed by atoms with Crippen LogP contribution in [0.15, 0.2) is 15.2 Å². The molecule has 0 saturated carbocycles. The van der Waals surface area contributed by atoms with E-state index in [4.69, 9.17) is 5.11 Å². The Morgan fingerprint density at radius 1 is 1.50 bits per heavy atom. The highest BCUT2D eigenvalue weighted by molar-refractivity contribution is 9.11. The Morgan fingerprint density at radius 2 is 2.11 bits per heavy atom. The number of thiophene rings is 1. The first kappa shape index (κ1) is 15.0. The third-order valence-electron chi connectivity index (χ3n) is 1.92. The summed E-state index contributed by atoms with van der Waals surface area (Å²) in [5.74, 6) is -3.78. The maximum Gasteiger partial charge on any atom is 0.471 e. The quantitative estimate of drug-likeness (QED) is 0.878. The minimum atomic E-state index is -5.09. The number of nitrogens with one attached hydrogen (secondary N) is 1. The van der Waals surface area contributed by atoms with Crippen molar-refractivity contribution in [1.82, 2.24) is 5.32 Å². The summed E-state index contributed by atoms with van der Waals surface area (Å²) < 4.78 is 36.7. The second-order valence-corrected chi connectivity index (χ2v) is 5.62. The van der Waals surface area contributed by atoms with Crippen LogP contribution in [0.4, 0.5) is 13.2 Å². The van der Waals surface area contributed by atoms with Crippen molar-refractivity contribution in [2.45, 2.75) is 18.6 Å². The van der Waals surface area contributed by atoms with Crippen molar-refractivity contribution < 1.29 is 27.9 Å². The number of halogens is 4. The minimum absolute atomic E-state index is 0.209. The second-order valence-electron chi connectivity index (χ2n) is 3.33. The van der Waals surface area contributed by atoms with Crippen LogP contribution in [0.2, 0.25) is 0 Å². The smallest absolute Gasteiger partial charge is 0.471 e. The summed E-state index contributed by atoms with van der Waals surface area (Å²) in [5, 5.41) is 11.8. The summed E-state index contributed by atoms with van der Waals surface area (Å²) in [6, 6.07) is -0.0269. The Morgan fingerprint density at radius 3 is 2.50 bits per heavy atom. The average Bonchev–Trinajstić information content (AvgIpc) is 2.61. The number of carboxylic acid groups (broad SMARTS) is 1. The van der Waals surface area contributed by atoms with Crippen molar-refractivity contribution in [2.75, 3.05) is 0 Å². The topological polar surface area (TPSA) is 66.4 Å². The van der Waals surface area contributed by atoms with E-state index in [9.17, 15) is 22.8 Å². The molecule has 1 amide bonds. The molecule has 0 unspecified atom stereocenters. The van der Waals surface area contributed by atoms with Gasteiger partial charge in [0, 0.05) is 6.42 Å². The van der Waals surface area contributed by atoms with Gasteiger partial charge in [-0.3, -0.25) is 4.79 Å². The lowest BCUT2D eigenvalue weighted by Gasteiger charge is -2.14. The maximum atomic E-state index is 12.0. The molecule has 0 aliphatic heterocycles. The number of hydrogen-bond donors (Lipinski definition) is 2. The highest BCUT2D eigenvalue weighted by Gasteiger charge is 2.40. The van der Waals surface area contributed by atoms with Crippen molar-refractivity contribution in [3.63, 3.8) is 0 Å². The molecular formula is C9H7BrF3NO3S. The third kappa shape index (κ3) is 4.30. The molecule has 1 aromatic heterocycles. The van der Waals surface area contributed by atoms with Gasteiger partial charge in [0.2, 0.25) is 0 Å². The van der Waals surface area contributed by atoms with E-state index >= 15 is 0 Å². The Kier molecular flexibility index (Phi) is 4.74. The molecule has 0 aliphatic rings. The molecule has 4 nitrogen and oxygen atoms in total. The Hall–Kier alpha value is -1.09. The summed E-state index contributed by atoms with van der Waals surface area (Å²) in [7, 11) is 0. The van der Waals surface area contributed by atoms with E-state index in [0.717, 1.165) is 3.79 Å². The van der Waals surface area contributed by atoms with Crippen LogP contribution >= 0.6 is 27.3 Å². The van der Waals surface area contributed by atoms with Crippen LogP contribution < -0.4 is 5.32 Å². The molecule has 1 heterocycles. The van der Waals surface area contributed by atoms with Crippen LogP contribution in [-0.2, 0) is 16.0 Å². The molecule has 18 heavy (non-hydrogen) atoms. The van der Waals surface area contributed by atoms with Crippen molar-refractivity contribution >= 4 is 39.1 Å². The predicted molar refractivity (Wildman–Crippen MR) is 61.3 cm³/mol. The minimum Gasteiger partial charge on any atom is -0.480 e. The van der Waals surface area contributed by atoms with Crippen LogP contribution in [0.25, 0.3) is 0 Å². The SMILES string of the molecule is O=C(O)[C@@H](Cc1csc(Br)c1)NC(=O)C(F)(F)F. The second kappa shape index (κ2) is 5.70. The van der Waals surface area contributed by atoms with Gasteiger partial charge in [-0.25, -0.2) is 4.79 Å². The first-order chi connectivity index (χ1) is 8.20. The molecule has 0 fully saturated rings. The zero-order valence-electron chi connectivity index (χ0n) is 8.62. The molecule has 0 aromatic carbocycles. The number of alkyl halides is 3. The average molecular weight is 346 g/mol. The fourth-order valence-corrected chi connectivity index (χ4v) is 2.35. The molecule has 0 spiro atoms. The summed E-state index contributed by atoms with van der Waals surface area (Å²) in [6.45, 7) is 0. The number of carboxylic acids is 1. The van der Waals surface area contributed by atoms with E-state index in [0.29, 0.717) is 5.56 Å². The van der Waals surface area contributed by atoms with Gasteiger partial charge in [-0.15, -0.1) is 11.3 Å². The van der Waals surface area contributed by atoms with Crippen LogP contribution in [0.1, 0.15) is 5.56 Å². The van der Waals surface area contributed by atoms with Crippen molar-refractivity contribution in [2.24, 2.45) is 0 Å². The third-order valence-corrected chi connectivity index (χ3v) is 3.48. The molecule has 100 valence electrons. The van der Waals surface area contributed by atoms with E-state index < -0.39 is 24.1 Å². The largest absolute Gasteiger partial charge is 0.480 e. The zero-order chi connectivity index (χ0) is 13.9. The van der Waals surface area contributed by atoms with E-state index in [1.54, 1.807) is 11.4 Å². The Bertz CT molecular complexity index is 460. The maximum absolute atomic E-state index is 12.0. The molecule has 0 bridgehead atoms. The van der Waals surface area contributed by atoms with Crippen molar-refractivity contribution in [1.29, 1.82) is 0 Å². The van der Waals surface area contributed by atoms with E-state index in [-0.39, 0.29) is 6.42 Å². The van der Waals surface area contributed by atoms with Gasteiger partial charge in [-0.05, 0) is 32.9 Å². The zero-order valence-corrected chi connectivity index (χ0v) is 11.0. The lowest BCUT2D eigenvalue weighted by molar-refractivity contribution is -0.175. The van der Waals surface area contributed by atoms with Crippen LogP contribution in [0.5, 0.6) is 0 Å². The van der Waals surface area contributed by atoms with Gasteiger partial charge in [0.1, 0.15) is 6.04 Å². The standard InChI is InChI=1S/C9H7BrF3NO3S/c10-6-2-4(3-18-6)1-5(7(15)16)14-8(17)9(11,12)13/h2-3,5H,1H2,(H,14,17)(H,15,16)/t5-/m1/s1. The summed E-state index contributed by atoms with van der Waals surface area (Å²) in [6.07, 6.45) is -5.30. The van der Waals surface area contributed by atoms with Crippen LogP contribution in [-0.4, -0.2) is 29.2 Å². The Labute approximate surface area is 112 Å². The van der Waals surface area contributed by atoms with Crippen LogP contribution in [0, 0.1) is 0 Å². The van der Waals surface area contributed by atoms with Gasteiger partial charge in [0.25, 0.3) is 0 Å². The highest BCUT2D eigenvalue weighted by atomic mass is 79.9. The van der Waals surface area contributed by atoms with E-state index in [1.807, 2.05) is 0 Å². The predicted octanol–water partition coefficient (Wildman–Crippen LogP) is 2.18. The number of hydrogen-bond acceptors (Lipinski definition) is 3. The van der Waals surface area contributed by atoms with Gasteiger partial charge < -0.3 is 10.4 Å². The lowest BCUT2D eigenvalue weighted by Crippen LogP contribution is -2.47. The van der Waals surface area contributed by atoms with Gasteiger partial charge >= 0.3 is 18.1 Å². The summed E-state index contributed by atoms with van der Waals surface area (Å²) in [5.41, 5.74) is 0.529. The van der Waals surface area contributed by atoms with E-state index in [1.165, 1.54) is 16.7 Å². The molecule has 9 heteroatoms. The fourth-order valence-electron chi connectivity index (χ4n) is 1.13. The first-order valence-electron chi connectivity index (χ1n) is 4.53. The monoisotopic (exact) mass is 345 g/mol. The first-order valence-corrected chi connectivity index (χ1v) is 6.21. The summed E-state index contributed by atoms with van der Waals surface area (Å²) >= 11 is 4.42. The molecule has 1 rings (SSSR count). The van der Waals surface area contributed by atoms with Gasteiger partial charge in [0.15, 0.2) is 0 Å². The van der Waals surface area contributed by atoms with Gasteiger partial charge in [-0.2, -0.15) is 13.2 Å². The normalized spacial score (nSPS) is 13.1. The molecule has 1 aromatic rings. The highest BCUT2D eigenvalue weighted by Crippen LogP contribution is 2.22. The Balaban J connectivity index is 2.73. The van der Waals surface area contributed by atoms with Gasteiger partial charge in [0.05, 0.1) is 3.79 Å². The van der Waals surface area contributed by atoms with Crippen LogP contribution in [0.3, 0.4) is 0 Å². The molecule has 0 saturated heterocycles. The number of aliphatic carboxylic acids is 1. The number of rotatable bonds is 4. The molecule has 1 atom stereocenters. The molecular weight excluding hydrogens is 339 g/mol. The molecule has 0 radical (unpaired) electrons. The van der Waals surface area contributed by atoms with Crippen molar-refractivity contribution in [3.8, 4) is 0 Å². The molecule has 2 N–H and O–H groups in total. The number of amides is 1. The van der Waals surface area contributed by atoms with Crippen molar-refractivity contribution in [3.05, 3.63) is 20.8 Å². The van der Waals surface area contributed by atoms with Gasteiger partial charge in [-0.1, -0.05) is 0 Å². The summed E-state index contributed by atoms with van der Waals surface area (Å²) in [4.78, 5) is 21.5.